The van der Waals surface area contributed by atoms with Crippen LogP contribution < -0.4 is 0 Å². The van der Waals surface area contributed by atoms with Crippen molar-refractivity contribution < 1.29 is 44.0 Å². The van der Waals surface area contributed by atoms with E-state index in [9.17, 15) is 24.3 Å². The second kappa shape index (κ2) is 11.3. The lowest BCUT2D eigenvalue weighted by Crippen LogP contribution is -2.61. The highest BCUT2D eigenvalue weighted by Gasteiger charge is 2.67. The summed E-state index contributed by atoms with van der Waals surface area (Å²) in [7, 11) is 0. The maximum Gasteiger partial charge on any atom is 0.306 e. The highest BCUT2D eigenvalue weighted by atomic mass is 16.6. The Bertz CT molecular complexity index is 1060. The molecule has 0 aromatic rings. The van der Waals surface area contributed by atoms with Crippen LogP contribution in [-0.2, 0) is 28.7 Å². The molecule has 0 radical (unpaired) electrons. The molecule has 0 saturated heterocycles. The normalized spacial score (nSPS) is 37.0. The van der Waals surface area contributed by atoms with Crippen molar-refractivity contribution in [3.8, 4) is 0 Å². The molecule has 3 N–H and O–H groups in total. The first-order valence-electron chi connectivity index (χ1n) is 14.1. The van der Waals surface area contributed by atoms with Crippen LogP contribution in [0.1, 0.15) is 72.1 Å². The maximum absolute atomic E-state index is 13.3. The van der Waals surface area contributed by atoms with E-state index in [4.69, 9.17) is 19.7 Å². The van der Waals surface area contributed by atoms with Crippen molar-refractivity contribution in [3.05, 3.63) is 23.8 Å². The summed E-state index contributed by atoms with van der Waals surface area (Å²) in [5.41, 5.74) is 0.0874. The van der Waals surface area contributed by atoms with Crippen LogP contribution in [0, 0.1) is 34.0 Å². The van der Waals surface area contributed by atoms with Crippen molar-refractivity contribution in [1.82, 2.24) is 0 Å². The van der Waals surface area contributed by atoms with Crippen LogP contribution in [0.15, 0.2) is 23.8 Å². The first kappa shape index (κ1) is 29.6. The van der Waals surface area contributed by atoms with Crippen LogP contribution in [-0.4, -0.2) is 70.9 Å². The fourth-order valence-corrected chi connectivity index (χ4v) is 8.64. The van der Waals surface area contributed by atoms with Gasteiger partial charge in [-0.25, -0.2) is 0 Å². The molecule has 0 aromatic heterocycles. The smallest absolute Gasteiger partial charge is 0.306 e. The quantitative estimate of drug-likeness (QED) is 0.352. The fourth-order valence-electron chi connectivity index (χ4n) is 8.64. The van der Waals surface area contributed by atoms with E-state index in [-0.39, 0.29) is 66.0 Å². The van der Waals surface area contributed by atoms with Crippen LogP contribution in [0.2, 0.25) is 0 Å². The molecule has 7 atom stereocenters. The van der Waals surface area contributed by atoms with E-state index in [1.807, 2.05) is 6.08 Å². The second-order valence-corrected chi connectivity index (χ2v) is 12.6. The van der Waals surface area contributed by atoms with Gasteiger partial charge >= 0.3 is 11.9 Å². The molecular weight excluding hydrogens is 504 g/mol. The number of ether oxygens (including phenoxy) is 2. The number of esters is 2. The number of allylic oxidation sites excluding steroid dienone is 4. The minimum absolute atomic E-state index is 0.000689. The number of ketones is 2. The number of hydrogen-bond donors (Lipinski definition) is 3. The third-order valence-electron chi connectivity index (χ3n) is 10.3. The Morgan fingerprint density at radius 1 is 1.05 bits per heavy atom. The minimum atomic E-state index is -0.979. The van der Waals surface area contributed by atoms with Crippen molar-refractivity contribution in [1.29, 1.82) is 0 Å². The van der Waals surface area contributed by atoms with Gasteiger partial charge in [-0.2, -0.15) is 0 Å². The summed E-state index contributed by atoms with van der Waals surface area (Å²) in [6.07, 6.45) is 7.45. The minimum Gasteiger partial charge on any atom is -0.458 e. The predicted octanol–water partition coefficient (Wildman–Crippen LogP) is 2.45. The number of rotatable bonds is 10. The molecule has 0 amide bonds. The Labute approximate surface area is 229 Å². The Hall–Kier alpha value is -2.36. The summed E-state index contributed by atoms with van der Waals surface area (Å²) in [6.45, 7) is 5.17. The van der Waals surface area contributed by atoms with E-state index in [2.05, 4.69) is 20.8 Å². The van der Waals surface area contributed by atoms with Gasteiger partial charge in [0.1, 0.15) is 12.7 Å². The van der Waals surface area contributed by atoms with Crippen LogP contribution in [0.5, 0.6) is 0 Å². The van der Waals surface area contributed by atoms with Gasteiger partial charge in [-0.1, -0.05) is 32.4 Å². The molecule has 4 aliphatic carbocycles. The van der Waals surface area contributed by atoms with Crippen LogP contribution in [0.25, 0.3) is 0 Å². The van der Waals surface area contributed by atoms with E-state index in [0.717, 1.165) is 24.8 Å². The molecule has 216 valence electrons. The lowest BCUT2D eigenvalue weighted by molar-refractivity contribution is -0.171. The van der Waals surface area contributed by atoms with Gasteiger partial charge in [-0.05, 0) is 67.4 Å². The number of hydrogen-bond acceptors (Lipinski definition) is 9. The number of Topliss-reactive ketones (excluding diaryl/α,β-unsaturated/α-hetero) is 1. The third kappa shape index (κ3) is 5.37. The van der Waals surface area contributed by atoms with Gasteiger partial charge in [0.25, 0.3) is 0 Å². The Balaban J connectivity index is 1.35. The van der Waals surface area contributed by atoms with Gasteiger partial charge < -0.3 is 24.8 Å². The zero-order valence-corrected chi connectivity index (χ0v) is 23.2. The Morgan fingerprint density at radius 3 is 2.44 bits per heavy atom. The summed E-state index contributed by atoms with van der Waals surface area (Å²) >= 11 is 0. The molecule has 0 aliphatic heterocycles. The average molecular weight is 547 g/mol. The van der Waals surface area contributed by atoms with E-state index in [0.29, 0.717) is 12.8 Å². The van der Waals surface area contributed by atoms with E-state index in [1.165, 1.54) is 0 Å². The summed E-state index contributed by atoms with van der Waals surface area (Å²) < 4.78 is 10.1. The fraction of sp³-hybridized carbons (Fsp3) is 0.733. The Morgan fingerprint density at radius 2 is 1.74 bits per heavy atom. The number of aliphatic hydroxyl groups is 3. The lowest BCUT2D eigenvalue weighted by Gasteiger charge is -2.64. The van der Waals surface area contributed by atoms with Crippen LogP contribution >= 0.6 is 0 Å². The van der Waals surface area contributed by atoms with Gasteiger partial charge in [-0.15, -0.1) is 0 Å². The van der Waals surface area contributed by atoms with Gasteiger partial charge in [-0.3, -0.25) is 19.2 Å². The monoisotopic (exact) mass is 546 g/mol. The summed E-state index contributed by atoms with van der Waals surface area (Å²) in [5, 5.41) is 29.5. The molecule has 9 heteroatoms. The molecule has 39 heavy (non-hydrogen) atoms. The van der Waals surface area contributed by atoms with Gasteiger partial charge in [0.15, 0.2) is 11.6 Å². The first-order chi connectivity index (χ1) is 18.4. The molecule has 9 nitrogen and oxygen atoms in total. The van der Waals surface area contributed by atoms with Crippen molar-refractivity contribution in [2.24, 2.45) is 34.0 Å². The highest BCUT2D eigenvalue weighted by molar-refractivity contribution is 6.01. The summed E-state index contributed by atoms with van der Waals surface area (Å²) in [6, 6.07) is 0. The molecule has 0 bridgehead atoms. The van der Waals surface area contributed by atoms with Gasteiger partial charge in [0.05, 0.1) is 19.3 Å². The van der Waals surface area contributed by atoms with Gasteiger partial charge in [0.2, 0.25) is 0 Å². The summed E-state index contributed by atoms with van der Waals surface area (Å²) in [5.74, 6) is -1.49. The zero-order chi connectivity index (χ0) is 28.6. The predicted molar refractivity (Wildman–Crippen MR) is 140 cm³/mol. The maximum atomic E-state index is 13.3. The van der Waals surface area contributed by atoms with Crippen molar-refractivity contribution in [3.63, 3.8) is 0 Å². The molecule has 3 fully saturated rings. The lowest BCUT2D eigenvalue weighted by atomic mass is 9.41. The average Bonchev–Trinajstić information content (AvgIpc) is 3.23. The molecule has 4 rings (SSSR count). The molecule has 0 aromatic carbocycles. The van der Waals surface area contributed by atoms with Crippen molar-refractivity contribution >= 4 is 23.5 Å². The number of fused-ring (bicyclic) bond motifs is 5. The standard InChI is InChI=1S/C30H42O9/c1-28-12-10-19(33)13-18(28)9-11-29(2)24-8-7-21(30(24,3)14-22(34)27(28)29)23(35)17-38-25(36)5-4-6-26(37)39-20(15-31)16-32/h10,12-13,20-22,24,27,31-32,34H,4-9,11,14-17H2,1-3H3. The van der Waals surface area contributed by atoms with Crippen LogP contribution in [0.4, 0.5) is 0 Å². The number of aliphatic hydroxyl groups excluding tert-OH is 3. The van der Waals surface area contributed by atoms with Crippen molar-refractivity contribution in [2.45, 2.75) is 84.3 Å². The molecule has 3 saturated carbocycles. The van der Waals surface area contributed by atoms with Gasteiger partial charge in [0, 0.05) is 30.1 Å². The number of carbonyl (C=O) groups is 4. The molecule has 7 unspecified atom stereocenters. The second-order valence-electron chi connectivity index (χ2n) is 12.6. The van der Waals surface area contributed by atoms with E-state index >= 15 is 0 Å². The molecular formula is C30H42O9. The largest absolute Gasteiger partial charge is 0.458 e. The van der Waals surface area contributed by atoms with E-state index < -0.39 is 42.8 Å². The summed E-state index contributed by atoms with van der Waals surface area (Å²) in [4.78, 5) is 49.4. The van der Waals surface area contributed by atoms with Crippen LogP contribution in [0.3, 0.4) is 0 Å². The number of carbonyl (C=O) groups excluding carboxylic acids is 4. The molecule has 4 aliphatic rings. The first-order valence-corrected chi connectivity index (χ1v) is 14.1. The topological polar surface area (TPSA) is 147 Å². The molecule has 0 spiro atoms. The SMILES string of the molecule is CC12C=CC(=O)C=C1CCC1(C)C2C(O)CC2(C)C(C(=O)COC(=O)CCCC(=O)OC(CO)CO)CCC21. The van der Waals surface area contributed by atoms with E-state index in [1.54, 1.807) is 12.2 Å². The third-order valence-corrected chi connectivity index (χ3v) is 10.3. The van der Waals surface area contributed by atoms with Crippen molar-refractivity contribution in [2.75, 3.05) is 19.8 Å². The molecule has 0 heterocycles. The zero-order valence-electron chi connectivity index (χ0n) is 23.2. The Kier molecular flexibility index (Phi) is 8.55. The highest BCUT2D eigenvalue weighted by Crippen LogP contribution is 2.71.